The standard InChI is InChI=1S/C20H10Cl2F2N4O2S.C2HF3O2/c21-13-2-4-15(22)18(8-13)31(29,30)28-17-6-5-16(23)14(19(17)24)3-1-11-7-12-10-26-27-20(12)25-9-11;3-2(4,5)1(6)7/h2,4-10,28H,(H,25,26,27);(H,6,7). The highest BCUT2D eigenvalue weighted by Crippen LogP contribution is 2.29. The second kappa shape index (κ2) is 11.2. The van der Waals surface area contributed by atoms with Crippen LogP contribution in [0.5, 0.6) is 0 Å². The van der Waals surface area contributed by atoms with Crippen molar-refractivity contribution in [2.24, 2.45) is 0 Å². The van der Waals surface area contributed by atoms with E-state index in [0.717, 1.165) is 18.2 Å². The summed E-state index contributed by atoms with van der Waals surface area (Å²) < 4.78 is 88.2. The van der Waals surface area contributed by atoms with Gasteiger partial charge < -0.3 is 5.11 Å². The molecule has 38 heavy (non-hydrogen) atoms. The monoisotopic (exact) mass is 592 g/mol. The van der Waals surface area contributed by atoms with Gasteiger partial charge in [0.05, 0.1) is 22.5 Å². The third-order valence-electron chi connectivity index (χ3n) is 4.38. The van der Waals surface area contributed by atoms with Gasteiger partial charge in [0, 0.05) is 22.2 Å². The fourth-order valence-corrected chi connectivity index (χ4v) is 4.49. The maximum absolute atomic E-state index is 14.9. The molecule has 0 fully saturated rings. The number of carboxylic acid groups (broad SMARTS) is 1. The number of benzene rings is 2. The van der Waals surface area contributed by atoms with Crippen molar-refractivity contribution in [1.29, 1.82) is 0 Å². The summed E-state index contributed by atoms with van der Waals surface area (Å²) in [6, 6.07) is 7.31. The third kappa shape index (κ3) is 6.88. The number of alkyl halides is 3. The molecule has 0 aliphatic rings. The Balaban J connectivity index is 0.000000505. The second-order valence-corrected chi connectivity index (χ2v) is 9.54. The minimum Gasteiger partial charge on any atom is -0.475 e. The zero-order valence-corrected chi connectivity index (χ0v) is 20.6. The van der Waals surface area contributed by atoms with E-state index >= 15 is 0 Å². The number of nitrogens with zero attached hydrogens (tertiary/aromatic N) is 2. The fourth-order valence-electron chi connectivity index (χ4n) is 2.67. The van der Waals surface area contributed by atoms with Gasteiger partial charge in [-0.1, -0.05) is 35.0 Å². The Morgan fingerprint density at radius 3 is 2.39 bits per heavy atom. The number of carboxylic acids is 1. The molecule has 0 unspecified atom stereocenters. The van der Waals surface area contributed by atoms with Gasteiger partial charge in [-0.2, -0.15) is 18.3 Å². The van der Waals surface area contributed by atoms with Crippen molar-refractivity contribution in [3.63, 3.8) is 0 Å². The first-order valence-electron chi connectivity index (χ1n) is 9.76. The number of pyridine rings is 1. The SMILES string of the molecule is O=C(O)C(F)(F)F.O=S(=O)(Nc1ccc(F)c(C#Cc2cnc3[nH]ncc3c2)c1F)c1cc(Cl)ccc1Cl. The number of aromatic amines is 1. The summed E-state index contributed by atoms with van der Waals surface area (Å²) in [5.74, 6) is 0.117. The summed E-state index contributed by atoms with van der Waals surface area (Å²) in [6.45, 7) is 0. The minimum atomic E-state index is -5.08. The van der Waals surface area contributed by atoms with E-state index in [4.69, 9.17) is 33.1 Å². The number of hydrogen-bond acceptors (Lipinski definition) is 5. The summed E-state index contributed by atoms with van der Waals surface area (Å²) in [5.41, 5.74) is -0.168. The zero-order valence-electron chi connectivity index (χ0n) is 18.2. The van der Waals surface area contributed by atoms with Crippen molar-refractivity contribution in [2.45, 2.75) is 11.1 Å². The topological polar surface area (TPSA) is 125 Å². The molecule has 0 saturated carbocycles. The lowest BCUT2D eigenvalue weighted by Gasteiger charge is -2.11. The minimum absolute atomic E-state index is 0.110. The van der Waals surface area contributed by atoms with Crippen molar-refractivity contribution in [3.05, 3.63) is 81.6 Å². The van der Waals surface area contributed by atoms with Crippen LogP contribution in [-0.4, -0.2) is 40.9 Å². The molecule has 198 valence electrons. The van der Waals surface area contributed by atoms with Gasteiger partial charge in [0.2, 0.25) is 0 Å². The van der Waals surface area contributed by atoms with E-state index in [2.05, 4.69) is 31.7 Å². The summed E-state index contributed by atoms with van der Waals surface area (Å²) in [5, 5.41) is 14.3. The molecule has 0 aliphatic heterocycles. The number of anilines is 1. The van der Waals surface area contributed by atoms with E-state index in [-0.39, 0.29) is 14.9 Å². The van der Waals surface area contributed by atoms with Gasteiger partial charge in [-0.25, -0.2) is 27.0 Å². The Morgan fingerprint density at radius 1 is 1.05 bits per heavy atom. The van der Waals surface area contributed by atoms with Crippen LogP contribution in [0.4, 0.5) is 27.6 Å². The molecule has 0 atom stereocenters. The Hall–Kier alpha value is -3.93. The van der Waals surface area contributed by atoms with Crippen LogP contribution in [0.15, 0.2) is 53.7 Å². The Morgan fingerprint density at radius 2 is 1.74 bits per heavy atom. The number of hydrogen-bond donors (Lipinski definition) is 3. The zero-order chi connectivity index (χ0) is 28.3. The van der Waals surface area contributed by atoms with Crippen LogP contribution in [0.1, 0.15) is 11.1 Å². The van der Waals surface area contributed by atoms with Crippen molar-refractivity contribution in [3.8, 4) is 11.8 Å². The smallest absolute Gasteiger partial charge is 0.475 e. The van der Waals surface area contributed by atoms with Gasteiger partial charge in [0.1, 0.15) is 10.7 Å². The first-order chi connectivity index (χ1) is 17.7. The van der Waals surface area contributed by atoms with Gasteiger partial charge in [-0.3, -0.25) is 9.82 Å². The van der Waals surface area contributed by atoms with Gasteiger partial charge in [0.15, 0.2) is 11.5 Å². The largest absolute Gasteiger partial charge is 0.490 e. The van der Waals surface area contributed by atoms with Crippen LogP contribution in [0, 0.1) is 23.5 Å². The van der Waals surface area contributed by atoms with Crippen LogP contribution < -0.4 is 4.72 Å². The Labute approximate surface area is 220 Å². The predicted molar refractivity (Wildman–Crippen MR) is 127 cm³/mol. The molecule has 2 aromatic carbocycles. The van der Waals surface area contributed by atoms with Crippen molar-refractivity contribution < 1.29 is 40.3 Å². The highest BCUT2D eigenvalue weighted by molar-refractivity contribution is 7.92. The molecule has 0 aliphatic carbocycles. The lowest BCUT2D eigenvalue weighted by atomic mass is 10.1. The molecular weight excluding hydrogens is 582 g/mol. The lowest BCUT2D eigenvalue weighted by Crippen LogP contribution is -2.21. The maximum Gasteiger partial charge on any atom is 0.490 e. The van der Waals surface area contributed by atoms with Crippen LogP contribution in [-0.2, 0) is 14.8 Å². The van der Waals surface area contributed by atoms with Crippen LogP contribution in [0.3, 0.4) is 0 Å². The fraction of sp³-hybridized carbons (Fsp3) is 0.0455. The van der Waals surface area contributed by atoms with Gasteiger partial charge >= 0.3 is 12.1 Å². The normalized spacial score (nSPS) is 11.2. The van der Waals surface area contributed by atoms with Crippen molar-refractivity contribution >= 4 is 55.9 Å². The number of aromatic nitrogens is 3. The number of H-pyrrole nitrogens is 1. The lowest BCUT2D eigenvalue weighted by molar-refractivity contribution is -0.192. The van der Waals surface area contributed by atoms with Gasteiger partial charge in [-0.05, 0) is 36.4 Å². The average molecular weight is 593 g/mol. The summed E-state index contributed by atoms with van der Waals surface area (Å²) in [4.78, 5) is 12.6. The molecule has 16 heteroatoms. The molecule has 0 saturated heterocycles. The molecule has 0 radical (unpaired) electrons. The first-order valence-corrected chi connectivity index (χ1v) is 12.0. The highest BCUT2D eigenvalue weighted by Gasteiger charge is 2.38. The van der Waals surface area contributed by atoms with E-state index in [1.807, 2.05) is 0 Å². The Kier molecular flexibility index (Phi) is 8.45. The third-order valence-corrected chi connectivity index (χ3v) is 6.47. The molecule has 2 heterocycles. The molecule has 2 aromatic heterocycles. The number of rotatable bonds is 3. The summed E-state index contributed by atoms with van der Waals surface area (Å²) >= 11 is 11.8. The van der Waals surface area contributed by atoms with Gasteiger partial charge in [0.25, 0.3) is 10.0 Å². The quantitative estimate of drug-likeness (QED) is 0.217. The van der Waals surface area contributed by atoms with E-state index < -0.39 is 45.1 Å². The van der Waals surface area contributed by atoms with Gasteiger partial charge in [-0.15, -0.1) is 0 Å². The average Bonchev–Trinajstić information content (AvgIpc) is 3.30. The maximum atomic E-state index is 14.9. The van der Waals surface area contributed by atoms with E-state index in [0.29, 0.717) is 16.6 Å². The van der Waals surface area contributed by atoms with E-state index in [9.17, 15) is 30.4 Å². The van der Waals surface area contributed by atoms with Crippen LogP contribution in [0.25, 0.3) is 11.0 Å². The number of nitrogens with one attached hydrogen (secondary N) is 2. The number of carbonyl (C=O) groups is 1. The Bertz CT molecular complexity index is 1700. The highest BCUT2D eigenvalue weighted by atomic mass is 35.5. The van der Waals surface area contributed by atoms with E-state index in [1.54, 1.807) is 6.07 Å². The molecular formula is C22H11Cl2F5N4O4S. The molecule has 4 rings (SSSR count). The molecule has 3 N–H and O–H groups in total. The number of fused-ring (bicyclic) bond motifs is 1. The number of halogens is 7. The second-order valence-electron chi connectivity index (χ2n) is 7.05. The van der Waals surface area contributed by atoms with E-state index in [1.165, 1.54) is 24.5 Å². The van der Waals surface area contributed by atoms with Crippen molar-refractivity contribution in [1.82, 2.24) is 15.2 Å². The molecule has 4 aromatic rings. The summed E-state index contributed by atoms with van der Waals surface area (Å²) in [6.07, 6.45) is -2.14. The molecule has 0 spiro atoms. The first kappa shape index (κ1) is 28.6. The summed E-state index contributed by atoms with van der Waals surface area (Å²) in [7, 11) is -4.30. The predicted octanol–water partition coefficient (Wildman–Crippen LogP) is 5.38. The van der Waals surface area contributed by atoms with Crippen LogP contribution in [0.2, 0.25) is 10.0 Å². The van der Waals surface area contributed by atoms with Crippen LogP contribution >= 0.6 is 23.2 Å². The molecule has 0 amide bonds. The number of aliphatic carboxylic acids is 1. The molecule has 0 bridgehead atoms. The molecule has 8 nitrogen and oxygen atoms in total. The van der Waals surface area contributed by atoms with Crippen molar-refractivity contribution in [2.75, 3.05) is 4.72 Å². The number of sulfonamides is 1.